The second kappa shape index (κ2) is 4.63. The first-order valence-electron chi connectivity index (χ1n) is 5.42. The molecule has 0 aliphatic heterocycles. The molecule has 0 radical (unpaired) electrons. The Hall–Kier alpha value is -2.52. The van der Waals surface area contributed by atoms with Crippen molar-refractivity contribution in [3.63, 3.8) is 0 Å². The smallest absolute Gasteiger partial charge is 0.163 e. The van der Waals surface area contributed by atoms with Crippen LogP contribution in [0.5, 0.6) is 0 Å². The van der Waals surface area contributed by atoms with Crippen molar-refractivity contribution < 1.29 is 4.39 Å². The molecule has 1 N–H and O–H groups in total. The van der Waals surface area contributed by atoms with Gasteiger partial charge in [-0.1, -0.05) is 5.21 Å². The summed E-state index contributed by atoms with van der Waals surface area (Å²) in [5, 5.41) is 22.7. The number of nitrogens with one attached hydrogen (secondary N) is 1. The lowest BCUT2D eigenvalue weighted by atomic mass is 10.0. The lowest BCUT2D eigenvalue weighted by Crippen LogP contribution is -1.87. The van der Waals surface area contributed by atoms with Gasteiger partial charge in [-0.15, -0.1) is 5.10 Å². The van der Waals surface area contributed by atoms with Crippen molar-refractivity contribution in [2.45, 2.75) is 0 Å². The molecule has 92 valence electrons. The summed E-state index contributed by atoms with van der Waals surface area (Å²) in [5.41, 5.74) is 2.81. The van der Waals surface area contributed by atoms with Crippen molar-refractivity contribution in [3.8, 4) is 28.5 Å². The molecule has 3 rings (SSSR count). The summed E-state index contributed by atoms with van der Waals surface area (Å²) < 4.78 is 13.7. The topological polar surface area (TPSA) is 65.4 Å². The third-order valence-electron chi connectivity index (χ3n) is 2.69. The summed E-state index contributed by atoms with van der Waals surface area (Å²) >= 11 is 1.54. The molecule has 0 fully saturated rings. The van der Waals surface area contributed by atoms with Gasteiger partial charge in [0.1, 0.15) is 17.6 Å². The lowest BCUT2D eigenvalue weighted by Gasteiger charge is -2.03. The number of H-pyrrole nitrogens is 1. The number of aromatic amines is 1. The van der Waals surface area contributed by atoms with Crippen molar-refractivity contribution in [2.75, 3.05) is 0 Å². The second-order valence-electron chi connectivity index (χ2n) is 3.89. The average molecular weight is 270 g/mol. The van der Waals surface area contributed by atoms with Gasteiger partial charge in [-0.3, -0.25) is 0 Å². The third-order valence-corrected chi connectivity index (χ3v) is 3.37. The molecular weight excluding hydrogens is 263 g/mol. The van der Waals surface area contributed by atoms with Crippen LogP contribution in [0.15, 0.2) is 35.0 Å². The molecule has 0 spiro atoms. The highest BCUT2D eigenvalue weighted by Crippen LogP contribution is 2.28. The van der Waals surface area contributed by atoms with Crippen molar-refractivity contribution in [1.82, 2.24) is 15.4 Å². The molecule has 4 nitrogen and oxygen atoms in total. The van der Waals surface area contributed by atoms with Crippen molar-refractivity contribution >= 4 is 11.3 Å². The monoisotopic (exact) mass is 270 g/mol. The Morgan fingerprint density at radius 2 is 2.05 bits per heavy atom. The van der Waals surface area contributed by atoms with Crippen LogP contribution in [-0.2, 0) is 0 Å². The van der Waals surface area contributed by atoms with Gasteiger partial charge in [0.05, 0.1) is 0 Å². The number of nitrogens with zero attached hydrogens (tertiary/aromatic N) is 3. The van der Waals surface area contributed by atoms with Gasteiger partial charge in [0.25, 0.3) is 0 Å². The fourth-order valence-electron chi connectivity index (χ4n) is 1.83. The Bertz CT molecular complexity index is 755. The Labute approximate surface area is 112 Å². The fraction of sp³-hybridized carbons (Fsp3) is 0. The van der Waals surface area contributed by atoms with Crippen LogP contribution in [0, 0.1) is 17.1 Å². The molecule has 0 aliphatic rings. The number of aromatic nitrogens is 3. The minimum absolute atomic E-state index is 0.224. The molecule has 2 heterocycles. The van der Waals surface area contributed by atoms with Crippen LogP contribution in [0.4, 0.5) is 4.39 Å². The maximum absolute atomic E-state index is 13.7. The van der Waals surface area contributed by atoms with Gasteiger partial charge >= 0.3 is 0 Å². The molecule has 0 amide bonds. The highest BCUT2D eigenvalue weighted by Gasteiger charge is 2.12. The Morgan fingerprint density at radius 1 is 1.21 bits per heavy atom. The van der Waals surface area contributed by atoms with Gasteiger partial charge < -0.3 is 0 Å². The number of nitriles is 1. The van der Waals surface area contributed by atoms with Crippen LogP contribution < -0.4 is 0 Å². The van der Waals surface area contributed by atoms with Gasteiger partial charge in [-0.05, 0) is 46.2 Å². The number of halogens is 1. The van der Waals surface area contributed by atoms with Crippen LogP contribution in [0.1, 0.15) is 5.69 Å². The van der Waals surface area contributed by atoms with Crippen LogP contribution in [0.25, 0.3) is 22.4 Å². The molecule has 3 aromatic rings. The van der Waals surface area contributed by atoms with Gasteiger partial charge in [-0.2, -0.15) is 16.6 Å². The maximum Gasteiger partial charge on any atom is 0.163 e. The van der Waals surface area contributed by atoms with E-state index in [1.165, 1.54) is 12.1 Å². The quantitative estimate of drug-likeness (QED) is 0.777. The van der Waals surface area contributed by atoms with E-state index in [2.05, 4.69) is 15.4 Å². The van der Waals surface area contributed by atoms with Crippen LogP contribution in [0.3, 0.4) is 0 Å². The summed E-state index contributed by atoms with van der Waals surface area (Å²) in [6.45, 7) is 0. The standard InChI is InChI=1S/C13H7FN4S/c14-11-4-9(8-1-2-19-7-8)3-10(5-11)13-12(6-15)16-18-17-13/h1-5,7H,(H,16,17,18). The van der Waals surface area contributed by atoms with E-state index in [1.54, 1.807) is 17.4 Å². The number of thiophene rings is 1. The minimum atomic E-state index is -0.370. The fourth-order valence-corrected chi connectivity index (χ4v) is 2.49. The van der Waals surface area contributed by atoms with Crippen molar-refractivity contribution in [1.29, 1.82) is 5.26 Å². The van der Waals surface area contributed by atoms with Gasteiger partial charge in [-0.25, -0.2) is 9.49 Å². The van der Waals surface area contributed by atoms with Gasteiger partial charge in [0.15, 0.2) is 5.69 Å². The van der Waals surface area contributed by atoms with Crippen LogP contribution >= 0.6 is 11.3 Å². The molecule has 0 saturated heterocycles. The number of hydrogen-bond acceptors (Lipinski definition) is 4. The molecular formula is C13H7FN4S. The minimum Gasteiger partial charge on any atom is -0.247 e. The molecule has 0 unspecified atom stereocenters. The average Bonchev–Trinajstić information content (AvgIpc) is 3.09. The highest BCUT2D eigenvalue weighted by molar-refractivity contribution is 7.08. The van der Waals surface area contributed by atoms with E-state index in [9.17, 15) is 4.39 Å². The van der Waals surface area contributed by atoms with E-state index < -0.39 is 0 Å². The third kappa shape index (κ3) is 2.11. The Balaban J connectivity index is 2.16. The molecule has 0 atom stereocenters. The first kappa shape index (κ1) is 11.6. The largest absolute Gasteiger partial charge is 0.247 e. The second-order valence-corrected chi connectivity index (χ2v) is 4.67. The summed E-state index contributed by atoms with van der Waals surface area (Å²) in [6.07, 6.45) is 0. The first-order chi connectivity index (χ1) is 9.28. The van der Waals surface area contributed by atoms with Gasteiger partial charge in [0.2, 0.25) is 0 Å². The lowest BCUT2D eigenvalue weighted by molar-refractivity contribution is 0.629. The highest BCUT2D eigenvalue weighted by atomic mass is 32.1. The zero-order valence-corrected chi connectivity index (χ0v) is 10.4. The van der Waals surface area contributed by atoms with Crippen LogP contribution in [-0.4, -0.2) is 15.4 Å². The van der Waals surface area contributed by atoms with E-state index in [0.29, 0.717) is 11.3 Å². The molecule has 0 saturated carbocycles. The SMILES string of the molecule is N#Cc1[nH]nnc1-c1cc(F)cc(-c2ccsc2)c1. The van der Waals surface area contributed by atoms with E-state index in [-0.39, 0.29) is 11.5 Å². The summed E-state index contributed by atoms with van der Waals surface area (Å²) in [6, 6.07) is 8.45. The van der Waals surface area contributed by atoms with E-state index in [4.69, 9.17) is 5.26 Å². The predicted octanol–water partition coefficient (Wildman–Crippen LogP) is 3.21. The molecule has 19 heavy (non-hydrogen) atoms. The van der Waals surface area contributed by atoms with Crippen molar-refractivity contribution in [2.24, 2.45) is 0 Å². The number of rotatable bonds is 2. The molecule has 0 aliphatic carbocycles. The van der Waals surface area contributed by atoms with E-state index in [0.717, 1.165) is 11.1 Å². The molecule has 1 aromatic carbocycles. The molecule has 2 aromatic heterocycles. The zero-order chi connectivity index (χ0) is 13.2. The zero-order valence-electron chi connectivity index (χ0n) is 9.59. The first-order valence-corrected chi connectivity index (χ1v) is 6.37. The summed E-state index contributed by atoms with van der Waals surface area (Å²) in [5.74, 6) is -0.370. The Kier molecular flexibility index (Phi) is 2.82. The van der Waals surface area contributed by atoms with Crippen LogP contribution in [0.2, 0.25) is 0 Å². The number of benzene rings is 1. The summed E-state index contributed by atoms with van der Waals surface area (Å²) in [4.78, 5) is 0. The Morgan fingerprint density at radius 3 is 2.79 bits per heavy atom. The number of hydrogen-bond donors (Lipinski definition) is 1. The normalized spacial score (nSPS) is 10.3. The van der Waals surface area contributed by atoms with Crippen molar-refractivity contribution in [3.05, 3.63) is 46.5 Å². The molecule has 6 heteroatoms. The molecule has 0 bridgehead atoms. The summed E-state index contributed by atoms with van der Waals surface area (Å²) in [7, 11) is 0. The van der Waals surface area contributed by atoms with E-state index >= 15 is 0 Å². The maximum atomic E-state index is 13.7. The van der Waals surface area contributed by atoms with E-state index in [1.807, 2.05) is 22.9 Å². The predicted molar refractivity (Wildman–Crippen MR) is 69.8 cm³/mol. The van der Waals surface area contributed by atoms with Gasteiger partial charge in [0, 0.05) is 5.56 Å².